The van der Waals surface area contributed by atoms with E-state index in [0.29, 0.717) is 17.8 Å². The lowest BCUT2D eigenvalue weighted by molar-refractivity contribution is -0.146. The second-order valence-corrected chi connectivity index (χ2v) is 5.88. The largest absolute Gasteiger partial charge is 0.197 e. The summed E-state index contributed by atoms with van der Waals surface area (Å²) >= 11 is 0. The lowest BCUT2D eigenvalue weighted by atomic mass is 9.37. The number of rotatable bonds is 0. The van der Waals surface area contributed by atoms with Crippen LogP contribution in [0.3, 0.4) is 0 Å². The molecular weight excluding hydrogens is 184 g/mol. The summed E-state index contributed by atoms with van der Waals surface area (Å²) in [5.41, 5.74) is -0.826. The Labute approximate surface area is 91.9 Å². The van der Waals surface area contributed by atoms with E-state index in [0.717, 1.165) is 6.42 Å². The molecule has 2 fully saturated rings. The third-order valence-electron chi connectivity index (χ3n) is 4.96. The van der Waals surface area contributed by atoms with Crippen LogP contribution >= 0.6 is 0 Å². The van der Waals surface area contributed by atoms with Gasteiger partial charge in [-0.15, -0.1) is 0 Å². The van der Waals surface area contributed by atoms with Gasteiger partial charge in [-0.25, -0.2) is 0 Å². The third-order valence-corrected chi connectivity index (χ3v) is 4.96. The van der Waals surface area contributed by atoms with Crippen molar-refractivity contribution in [3.63, 3.8) is 0 Å². The average Bonchev–Trinajstić information content (AvgIpc) is 2.19. The third kappa shape index (κ3) is 1.03. The minimum Gasteiger partial charge on any atom is -0.197 e. The minimum absolute atomic E-state index is 0.110. The molecule has 0 saturated heterocycles. The molecular formula is C13H18N2. The SMILES string of the molecule is C[C@H]1CC[C@H]2[C@H](C1)C(C#N)(C#N)C2(C)C. The van der Waals surface area contributed by atoms with Crippen LogP contribution in [0.5, 0.6) is 0 Å². The highest BCUT2D eigenvalue weighted by Crippen LogP contribution is 2.68. The van der Waals surface area contributed by atoms with Crippen LogP contribution in [0.1, 0.15) is 40.0 Å². The maximum Gasteiger partial charge on any atom is 0.152 e. The number of nitrogens with zero attached hydrogens (tertiary/aromatic N) is 2. The summed E-state index contributed by atoms with van der Waals surface area (Å²) in [4.78, 5) is 0. The zero-order chi connectivity index (χ0) is 11.3. The van der Waals surface area contributed by atoms with Gasteiger partial charge >= 0.3 is 0 Å². The van der Waals surface area contributed by atoms with E-state index in [-0.39, 0.29) is 5.41 Å². The van der Waals surface area contributed by atoms with E-state index >= 15 is 0 Å². The fourth-order valence-corrected chi connectivity index (χ4v) is 3.88. The number of nitriles is 2. The standard InChI is InChI=1S/C13H18N2/c1-9-4-5-10-11(6-9)13(7-14,8-15)12(10,2)3/h9-11H,4-6H2,1-3H3/t9-,10-,11-/m0/s1. The van der Waals surface area contributed by atoms with Crippen LogP contribution < -0.4 is 0 Å². The van der Waals surface area contributed by atoms with Crippen molar-refractivity contribution in [3.05, 3.63) is 0 Å². The lowest BCUT2D eigenvalue weighted by Gasteiger charge is -2.63. The Balaban J connectivity index is 2.34. The molecule has 0 amide bonds. The normalized spacial score (nSPS) is 40.5. The molecule has 0 N–H and O–H groups in total. The van der Waals surface area contributed by atoms with Gasteiger partial charge < -0.3 is 0 Å². The first kappa shape index (κ1) is 10.5. The maximum absolute atomic E-state index is 9.32. The van der Waals surface area contributed by atoms with Crippen LogP contribution in [-0.2, 0) is 0 Å². The second kappa shape index (κ2) is 2.99. The summed E-state index contributed by atoms with van der Waals surface area (Å²) in [5, 5.41) is 18.6. The average molecular weight is 202 g/mol. The van der Waals surface area contributed by atoms with E-state index in [1.54, 1.807) is 0 Å². The summed E-state index contributed by atoms with van der Waals surface area (Å²) in [6, 6.07) is 4.63. The fourth-order valence-electron chi connectivity index (χ4n) is 3.88. The van der Waals surface area contributed by atoms with Crippen molar-refractivity contribution in [1.29, 1.82) is 10.5 Å². The monoisotopic (exact) mass is 202 g/mol. The molecule has 0 radical (unpaired) electrons. The van der Waals surface area contributed by atoms with Crippen molar-refractivity contribution < 1.29 is 0 Å². The molecule has 0 aromatic rings. The van der Waals surface area contributed by atoms with Gasteiger partial charge in [0.15, 0.2) is 5.41 Å². The van der Waals surface area contributed by atoms with Gasteiger partial charge in [-0.2, -0.15) is 10.5 Å². The van der Waals surface area contributed by atoms with Crippen molar-refractivity contribution in [3.8, 4) is 12.1 Å². The topological polar surface area (TPSA) is 47.6 Å². The number of fused-ring (bicyclic) bond motifs is 1. The van der Waals surface area contributed by atoms with E-state index in [1.165, 1.54) is 12.8 Å². The molecule has 2 aliphatic carbocycles. The molecule has 0 spiro atoms. The molecule has 2 saturated carbocycles. The van der Waals surface area contributed by atoms with Crippen LogP contribution in [-0.4, -0.2) is 0 Å². The van der Waals surface area contributed by atoms with Gasteiger partial charge in [0.2, 0.25) is 0 Å². The van der Waals surface area contributed by atoms with Gasteiger partial charge in [0, 0.05) is 5.41 Å². The summed E-state index contributed by atoms with van der Waals surface area (Å²) in [6.45, 7) is 6.42. The van der Waals surface area contributed by atoms with Crippen LogP contribution in [0.4, 0.5) is 0 Å². The second-order valence-electron chi connectivity index (χ2n) is 5.88. The van der Waals surface area contributed by atoms with Crippen molar-refractivity contribution >= 4 is 0 Å². The van der Waals surface area contributed by atoms with Gasteiger partial charge in [0.1, 0.15) is 0 Å². The van der Waals surface area contributed by atoms with E-state index in [1.807, 2.05) is 0 Å². The first-order valence-electron chi connectivity index (χ1n) is 5.82. The maximum atomic E-state index is 9.32. The molecule has 0 aliphatic heterocycles. The molecule has 15 heavy (non-hydrogen) atoms. The number of hydrogen-bond acceptors (Lipinski definition) is 2. The van der Waals surface area contributed by atoms with E-state index in [2.05, 4.69) is 32.9 Å². The predicted octanol–water partition coefficient (Wildman–Crippen LogP) is 3.11. The minimum atomic E-state index is -0.716. The first-order chi connectivity index (χ1) is 6.99. The highest BCUT2D eigenvalue weighted by atomic mass is 14.7. The molecule has 0 heterocycles. The number of hydrogen-bond donors (Lipinski definition) is 0. The van der Waals surface area contributed by atoms with Gasteiger partial charge in [0.25, 0.3) is 0 Å². The van der Waals surface area contributed by atoms with Crippen molar-refractivity contribution in [1.82, 2.24) is 0 Å². The Hall–Kier alpha value is -1.02. The summed E-state index contributed by atoms with van der Waals surface area (Å²) in [6.07, 6.45) is 3.52. The molecule has 2 rings (SSSR count). The van der Waals surface area contributed by atoms with Crippen molar-refractivity contribution in [2.75, 3.05) is 0 Å². The fraction of sp³-hybridized carbons (Fsp3) is 0.846. The van der Waals surface area contributed by atoms with E-state index in [9.17, 15) is 10.5 Å². The first-order valence-corrected chi connectivity index (χ1v) is 5.82. The van der Waals surface area contributed by atoms with Crippen LogP contribution in [0.15, 0.2) is 0 Å². The Bertz CT molecular complexity index is 342. The van der Waals surface area contributed by atoms with Gasteiger partial charge in [-0.05, 0) is 30.6 Å². The Morgan fingerprint density at radius 2 is 1.67 bits per heavy atom. The van der Waals surface area contributed by atoms with Crippen molar-refractivity contribution in [2.45, 2.75) is 40.0 Å². The Morgan fingerprint density at radius 3 is 2.20 bits per heavy atom. The van der Waals surface area contributed by atoms with Gasteiger partial charge in [0.05, 0.1) is 12.1 Å². The van der Waals surface area contributed by atoms with Crippen molar-refractivity contribution in [2.24, 2.45) is 28.6 Å². The Morgan fingerprint density at radius 1 is 1.07 bits per heavy atom. The van der Waals surface area contributed by atoms with E-state index < -0.39 is 5.41 Å². The summed E-state index contributed by atoms with van der Waals surface area (Å²) < 4.78 is 0. The molecule has 0 aromatic carbocycles. The molecule has 0 unspecified atom stereocenters. The lowest BCUT2D eigenvalue weighted by Crippen LogP contribution is -2.63. The highest BCUT2D eigenvalue weighted by molar-refractivity contribution is 5.32. The predicted molar refractivity (Wildman–Crippen MR) is 57.4 cm³/mol. The van der Waals surface area contributed by atoms with Crippen LogP contribution in [0.25, 0.3) is 0 Å². The quantitative estimate of drug-likeness (QED) is 0.606. The molecule has 0 aromatic heterocycles. The molecule has 3 atom stereocenters. The molecule has 80 valence electrons. The highest BCUT2D eigenvalue weighted by Gasteiger charge is 2.68. The molecule has 0 bridgehead atoms. The molecule has 2 aliphatic rings. The zero-order valence-corrected chi connectivity index (χ0v) is 9.75. The van der Waals surface area contributed by atoms with Gasteiger partial charge in [-0.3, -0.25) is 0 Å². The molecule has 2 heteroatoms. The summed E-state index contributed by atoms with van der Waals surface area (Å²) in [7, 11) is 0. The Kier molecular flexibility index (Phi) is 2.09. The zero-order valence-electron chi connectivity index (χ0n) is 9.75. The summed E-state index contributed by atoms with van der Waals surface area (Å²) in [5.74, 6) is 1.60. The molecule has 2 nitrogen and oxygen atoms in total. The van der Waals surface area contributed by atoms with Gasteiger partial charge in [-0.1, -0.05) is 27.2 Å². The van der Waals surface area contributed by atoms with Crippen LogP contribution in [0.2, 0.25) is 0 Å². The van der Waals surface area contributed by atoms with E-state index in [4.69, 9.17) is 0 Å². The van der Waals surface area contributed by atoms with Crippen LogP contribution in [0, 0.1) is 51.2 Å². The smallest absolute Gasteiger partial charge is 0.152 e.